The van der Waals surface area contributed by atoms with E-state index in [0.29, 0.717) is 12.1 Å². The molecule has 19 heavy (non-hydrogen) atoms. The Balaban J connectivity index is 1.68. The molecule has 0 atom stereocenters. The molecule has 1 saturated heterocycles. The van der Waals surface area contributed by atoms with Crippen molar-refractivity contribution in [3.8, 4) is 5.75 Å². The smallest absolute Gasteiger partial charge is 0.255 e. The van der Waals surface area contributed by atoms with Crippen molar-refractivity contribution in [2.24, 2.45) is 5.92 Å². The highest BCUT2D eigenvalue weighted by atomic mass is 16.5. The first-order chi connectivity index (χ1) is 9.27. The van der Waals surface area contributed by atoms with Gasteiger partial charge >= 0.3 is 0 Å². The number of phenols is 1. The normalized spacial score (nSPS) is 16.2. The number of hydrogen-bond acceptors (Lipinski definition) is 3. The van der Waals surface area contributed by atoms with E-state index in [-0.39, 0.29) is 11.7 Å². The van der Waals surface area contributed by atoms with Gasteiger partial charge in [-0.25, -0.2) is 0 Å². The van der Waals surface area contributed by atoms with Crippen LogP contribution in [0.3, 0.4) is 0 Å². The van der Waals surface area contributed by atoms with E-state index in [4.69, 9.17) is 4.74 Å². The second kappa shape index (κ2) is 7.14. The summed E-state index contributed by atoms with van der Waals surface area (Å²) in [5.74, 6) is 0.560. The summed E-state index contributed by atoms with van der Waals surface area (Å²) in [5.41, 5.74) is 0.341. The molecule has 1 heterocycles. The number of ether oxygens (including phenoxy) is 1. The monoisotopic (exact) mass is 263 g/mol. The lowest BCUT2D eigenvalue weighted by atomic mass is 9.95. The van der Waals surface area contributed by atoms with Gasteiger partial charge in [-0.05, 0) is 43.7 Å². The van der Waals surface area contributed by atoms with Crippen molar-refractivity contribution in [2.75, 3.05) is 19.8 Å². The van der Waals surface area contributed by atoms with Crippen LogP contribution in [0.15, 0.2) is 24.3 Å². The Morgan fingerprint density at radius 3 is 2.79 bits per heavy atom. The first kappa shape index (κ1) is 13.9. The molecule has 2 rings (SSSR count). The van der Waals surface area contributed by atoms with Crippen LogP contribution in [-0.2, 0) is 4.74 Å². The van der Waals surface area contributed by atoms with E-state index < -0.39 is 0 Å². The van der Waals surface area contributed by atoms with Gasteiger partial charge in [-0.1, -0.05) is 12.1 Å². The van der Waals surface area contributed by atoms with Gasteiger partial charge < -0.3 is 15.2 Å². The van der Waals surface area contributed by atoms with E-state index >= 15 is 0 Å². The fourth-order valence-electron chi connectivity index (χ4n) is 2.39. The molecule has 0 unspecified atom stereocenters. The van der Waals surface area contributed by atoms with Gasteiger partial charge in [0.1, 0.15) is 5.75 Å². The molecule has 4 heteroatoms. The van der Waals surface area contributed by atoms with E-state index in [0.717, 1.165) is 44.8 Å². The Kier molecular flexibility index (Phi) is 5.21. The Hall–Kier alpha value is -1.55. The van der Waals surface area contributed by atoms with Gasteiger partial charge in [0, 0.05) is 19.8 Å². The molecular formula is C15H21NO3. The molecule has 0 bridgehead atoms. The summed E-state index contributed by atoms with van der Waals surface area (Å²) in [5, 5.41) is 12.4. The maximum Gasteiger partial charge on any atom is 0.255 e. The largest absolute Gasteiger partial charge is 0.507 e. The van der Waals surface area contributed by atoms with E-state index in [1.807, 2.05) is 0 Å². The lowest BCUT2D eigenvalue weighted by Gasteiger charge is -2.21. The van der Waals surface area contributed by atoms with Gasteiger partial charge in [0.2, 0.25) is 0 Å². The number of aromatic hydroxyl groups is 1. The predicted molar refractivity (Wildman–Crippen MR) is 73.2 cm³/mol. The molecule has 104 valence electrons. The zero-order valence-electron chi connectivity index (χ0n) is 11.1. The van der Waals surface area contributed by atoms with E-state index in [1.165, 1.54) is 6.07 Å². The molecule has 1 amide bonds. The maximum absolute atomic E-state index is 11.8. The number of hydrogen-bond donors (Lipinski definition) is 2. The lowest BCUT2D eigenvalue weighted by Crippen LogP contribution is -2.25. The molecule has 0 aromatic heterocycles. The molecule has 0 aliphatic carbocycles. The number of carbonyl (C=O) groups excluding carboxylic acids is 1. The Morgan fingerprint density at radius 1 is 1.32 bits per heavy atom. The Bertz CT molecular complexity index is 414. The van der Waals surface area contributed by atoms with Crippen LogP contribution in [0.2, 0.25) is 0 Å². The fourth-order valence-corrected chi connectivity index (χ4v) is 2.39. The fraction of sp³-hybridized carbons (Fsp3) is 0.533. The van der Waals surface area contributed by atoms with Crippen LogP contribution >= 0.6 is 0 Å². The van der Waals surface area contributed by atoms with Crippen LogP contribution in [0.4, 0.5) is 0 Å². The molecule has 1 aromatic carbocycles. The summed E-state index contributed by atoms with van der Waals surface area (Å²) in [4.78, 5) is 11.8. The topological polar surface area (TPSA) is 58.6 Å². The van der Waals surface area contributed by atoms with Gasteiger partial charge in [0.05, 0.1) is 5.56 Å². The molecule has 0 saturated carbocycles. The highest BCUT2D eigenvalue weighted by Crippen LogP contribution is 2.19. The van der Waals surface area contributed by atoms with Crippen LogP contribution in [0.1, 0.15) is 36.0 Å². The average molecular weight is 263 g/mol. The van der Waals surface area contributed by atoms with Crippen molar-refractivity contribution >= 4 is 5.91 Å². The number of amides is 1. The summed E-state index contributed by atoms with van der Waals surface area (Å²) < 4.78 is 5.32. The third kappa shape index (κ3) is 4.24. The molecule has 1 aliphatic heterocycles. The highest BCUT2D eigenvalue weighted by molar-refractivity contribution is 5.96. The SMILES string of the molecule is O=C(NCCCC1CCOCC1)c1ccccc1O. The van der Waals surface area contributed by atoms with Crippen LogP contribution in [0, 0.1) is 5.92 Å². The van der Waals surface area contributed by atoms with Crippen molar-refractivity contribution < 1.29 is 14.6 Å². The van der Waals surface area contributed by atoms with Crippen molar-refractivity contribution in [3.63, 3.8) is 0 Å². The first-order valence-electron chi connectivity index (χ1n) is 6.91. The van der Waals surface area contributed by atoms with Crippen molar-refractivity contribution in [2.45, 2.75) is 25.7 Å². The maximum atomic E-state index is 11.8. The minimum atomic E-state index is -0.204. The quantitative estimate of drug-likeness (QED) is 0.802. The Morgan fingerprint density at radius 2 is 2.05 bits per heavy atom. The summed E-state index contributed by atoms with van der Waals surface area (Å²) >= 11 is 0. The van der Waals surface area contributed by atoms with Crippen molar-refractivity contribution in [3.05, 3.63) is 29.8 Å². The van der Waals surface area contributed by atoms with Crippen LogP contribution < -0.4 is 5.32 Å². The minimum absolute atomic E-state index is 0.0319. The molecule has 1 fully saturated rings. The summed E-state index contributed by atoms with van der Waals surface area (Å²) in [6.45, 7) is 2.40. The standard InChI is InChI=1S/C15H21NO3/c17-14-6-2-1-5-13(14)15(18)16-9-3-4-12-7-10-19-11-8-12/h1-2,5-6,12,17H,3-4,7-11H2,(H,16,18). The zero-order chi connectivity index (χ0) is 13.5. The van der Waals surface area contributed by atoms with Crippen molar-refractivity contribution in [1.82, 2.24) is 5.32 Å². The third-order valence-corrected chi connectivity index (χ3v) is 3.56. The third-order valence-electron chi connectivity index (χ3n) is 3.56. The van der Waals surface area contributed by atoms with Gasteiger partial charge in [-0.2, -0.15) is 0 Å². The minimum Gasteiger partial charge on any atom is -0.507 e. The summed E-state index contributed by atoms with van der Waals surface area (Å²) in [6.07, 6.45) is 4.37. The van der Waals surface area contributed by atoms with Gasteiger partial charge in [-0.3, -0.25) is 4.79 Å². The lowest BCUT2D eigenvalue weighted by molar-refractivity contribution is 0.0631. The molecular weight excluding hydrogens is 242 g/mol. The number of benzene rings is 1. The summed E-state index contributed by atoms with van der Waals surface area (Å²) in [7, 11) is 0. The van der Waals surface area contributed by atoms with Gasteiger partial charge in [-0.15, -0.1) is 0 Å². The second-order valence-corrected chi connectivity index (χ2v) is 4.97. The molecule has 2 N–H and O–H groups in total. The number of nitrogens with one attached hydrogen (secondary N) is 1. The summed E-state index contributed by atoms with van der Waals surface area (Å²) in [6, 6.07) is 6.61. The van der Waals surface area contributed by atoms with Crippen LogP contribution in [-0.4, -0.2) is 30.8 Å². The number of para-hydroxylation sites is 1. The van der Waals surface area contributed by atoms with Gasteiger partial charge in [0.15, 0.2) is 0 Å². The molecule has 0 spiro atoms. The average Bonchev–Trinajstić information content (AvgIpc) is 2.45. The van der Waals surface area contributed by atoms with Crippen LogP contribution in [0.5, 0.6) is 5.75 Å². The number of phenolic OH excluding ortho intramolecular Hbond substituents is 1. The second-order valence-electron chi connectivity index (χ2n) is 4.97. The predicted octanol–water partition coefficient (Wildman–Crippen LogP) is 2.33. The molecule has 0 radical (unpaired) electrons. The van der Waals surface area contributed by atoms with E-state index in [9.17, 15) is 9.90 Å². The zero-order valence-corrected chi connectivity index (χ0v) is 11.1. The number of carbonyl (C=O) groups is 1. The molecule has 4 nitrogen and oxygen atoms in total. The van der Waals surface area contributed by atoms with Gasteiger partial charge in [0.25, 0.3) is 5.91 Å². The molecule has 1 aromatic rings. The van der Waals surface area contributed by atoms with E-state index in [1.54, 1.807) is 18.2 Å². The Labute approximate surface area is 113 Å². The molecule has 1 aliphatic rings. The van der Waals surface area contributed by atoms with E-state index in [2.05, 4.69) is 5.32 Å². The first-order valence-corrected chi connectivity index (χ1v) is 6.91. The number of rotatable bonds is 5. The van der Waals surface area contributed by atoms with Crippen molar-refractivity contribution in [1.29, 1.82) is 0 Å². The van der Waals surface area contributed by atoms with Crippen LogP contribution in [0.25, 0.3) is 0 Å². The highest BCUT2D eigenvalue weighted by Gasteiger charge is 2.14.